The molecule has 0 unspecified atom stereocenters. The molecule has 1 N–H and O–H groups in total. The lowest BCUT2D eigenvalue weighted by atomic mass is 10.4. The molecule has 0 aliphatic carbocycles. The van der Waals surface area contributed by atoms with Gasteiger partial charge in [0.2, 0.25) is 6.33 Å². The third-order valence-electron chi connectivity index (χ3n) is 3.44. The Morgan fingerprint density at radius 1 is 0.864 bits per heavy atom. The molecule has 1 aromatic rings. The summed E-state index contributed by atoms with van der Waals surface area (Å²) in [7, 11) is 0. The van der Waals surface area contributed by atoms with Gasteiger partial charge in [-0.25, -0.2) is 9.13 Å². The van der Waals surface area contributed by atoms with Crippen LogP contribution in [0.1, 0.15) is 52.4 Å². The largest absolute Gasteiger partial charge is 0.870 e. The summed E-state index contributed by atoms with van der Waals surface area (Å²) in [6, 6.07) is 0. The van der Waals surface area contributed by atoms with Crippen molar-refractivity contribution in [2.75, 3.05) is 26.4 Å². The van der Waals surface area contributed by atoms with Crippen molar-refractivity contribution in [1.82, 2.24) is 4.57 Å². The van der Waals surface area contributed by atoms with Crippen molar-refractivity contribution in [1.29, 1.82) is 0 Å². The van der Waals surface area contributed by atoms with Crippen molar-refractivity contribution in [2.24, 2.45) is 0 Å². The number of aromatic nitrogens is 2. The van der Waals surface area contributed by atoms with E-state index in [0.29, 0.717) is 0 Å². The van der Waals surface area contributed by atoms with Gasteiger partial charge in [0.25, 0.3) is 0 Å². The minimum atomic E-state index is 0. The molecule has 1 heterocycles. The predicted octanol–water partition coefficient (Wildman–Crippen LogP) is 3.01. The maximum absolute atomic E-state index is 5.58. The van der Waals surface area contributed by atoms with Crippen molar-refractivity contribution < 1.29 is 19.5 Å². The lowest BCUT2D eigenvalue weighted by Gasteiger charge is -2.02. The SMILES string of the molecule is CCCCOCCCn1cc[n+](CCCOCCCC)c1.[OH-]. The van der Waals surface area contributed by atoms with Crippen LogP contribution in [-0.2, 0) is 22.6 Å². The summed E-state index contributed by atoms with van der Waals surface area (Å²) in [6.07, 6.45) is 13.4. The summed E-state index contributed by atoms with van der Waals surface area (Å²) in [6.45, 7) is 9.99. The lowest BCUT2D eigenvalue weighted by Crippen LogP contribution is -2.31. The number of ether oxygens (including phenoxy) is 2. The monoisotopic (exact) mass is 314 g/mol. The first-order valence-electron chi connectivity index (χ1n) is 8.57. The van der Waals surface area contributed by atoms with Crippen molar-refractivity contribution in [3.8, 4) is 0 Å². The number of hydrogen-bond donors (Lipinski definition) is 0. The van der Waals surface area contributed by atoms with Crippen molar-refractivity contribution in [3.05, 3.63) is 18.7 Å². The smallest absolute Gasteiger partial charge is 0.243 e. The molecular formula is C17H34N2O3. The second-order valence-corrected chi connectivity index (χ2v) is 5.53. The number of imidazole rings is 1. The summed E-state index contributed by atoms with van der Waals surface area (Å²) in [5.74, 6) is 0. The Kier molecular flexibility index (Phi) is 14.4. The second kappa shape index (κ2) is 15.0. The fraction of sp³-hybridized carbons (Fsp3) is 0.824. The van der Waals surface area contributed by atoms with Crippen molar-refractivity contribution >= 4 is 0 Å². The normalized spacial score (nSPS) is 10.6. The van der Waals surface area contributed by atoms with E-state index < -0.39 is 0 Å². The molecule has 0 aliphatic heterocycles. The van der Waals surface area contributed by atoms with Gasteiger partial charge in [-0.1, -0.05) is 26.7 Å². The molecule has 0 radical (unpaired) electrons. The Hall–Kier alpha value is -0.910. The zero-order valence-corrected chi connectivity index (χ0v) is 14.4. The zero-order chi connectivity index (χ0) is 15.2. The molecule has 1 aromatic heterocycles. The van der Waals surface area contributed by atoms with Gasteiger partial charge in [-0.2, -0.15) is 0 Å². The average Bonchev–Trinajstić information content (AvgIpc) is 2.94. The van der Waals surface area contributed by atoms with E-state index in [1.807, 2.05) is 0 Å². The number of unbranched alkanes of at least 4 members (excludes halogenated alkanes) is 2. The molecule has 0 fully saturated rings. The molecule has 0 aliphatic rings. The van der Waals surface area contributed by atoms with Gasteiger partial charge in [0.1, 0.15) is 12.4 Å². The molecule has 1 rings (SSSR count). The summed E-state index contributed by atoms with van der Waals surface area (Å²) in [5, 5.41) is 0. The van der Waals surface area contributed by atoms with Crippen LogP contribution in [0.4, 0.5) is 0 Å². The van der Waals surface area contributed by atoms with E-state index in [1.54, 1.807) is 0 Å². The Labute approximate surface area is 135 Å². The van der Waals surface area contributed by atoms with E-state index in [-0.39, 0.29) is 5.48 Å². The summed E-state index contributed by atoms with van der Waals surface area (Å²) in [5.41, 5.74) is 0. The number of nitrogens with zero attached hydrogens (tertiary/aromatic N) is 2. The molecule has 0 amide bonds. The van der Waals surface area contributed by atoms with Crippen LogP contribution < -0.4 is 4.57 Å². The first-order chi connectivity index (χ1) is 10.4. The molecule has 0 bridgehead atoms. The van der Waals surface area contributed by atoms with Crippen LogP contribution in [0.25, 0.3) is 0 Å². The van der Waals surface area contributed by atoms with E-state index in [0.717, 1.165) is 52.4 Å². The Bertz CT molecular complexity index is 312. The minimum absolute atomic E-state index is 0. The summed E-state index contributed by atoms with van der Waals surface area (Å²) >= 11 is 0. The molecule has 5 heteroatoms. The highest BCUT2D eigenvalue weighted by Gasteiger charge is 2.03. The van der Waals surface area contributed by atoms with Crippen LogP contribution in [0.3, 0.4) is 0 Å². The third-order valence-corrected chi connectivity index (χ3v) is 3.44. The number of hydrogen-bond acceptors (Lipinski definition) is 3. The van der Waals surface area contributed by atoms with Gasteiger partial charge in [-0.05, 0) is 12.8 Å². The van der Waals surface area contributed by atoms with Gasteiger partial charge in [-0.3, -0.25) is 0 Å². The maximum atomic E-state index is 5.58. The molecule has 0 aromatic carbocycles. The van der Waals surface area contributed by atoms with E-state index in [2.05, 4.69) is 41.7 Å². The minimum Gasteiger partial charge on any atom is -0.870 e. The highest BCUT2D eigenvalue weighted by Crippen LogP contribution is 1.94. The Morgan fingerprint density at radius 3 is 2.09 bits per heavy atom. The van der Waals surface area contributed by atoms with Crippen LogP contribution in [0.15, 0.2) is 18.7 Å². The summed E-state index contributed by atoms with van der Waals surface area (Å²) in [4.78, 5) is 0. The third kappa shape index (κ3) is 10.8. The molecule has 0 atom stereocenters. The van der Waals surface area contributed by atoms with E-state index in [1.165, 1.54) is 25.7 Å². The highest BCUT2D eigenvalue weighted by molar-refractivity contribution is 4.66. The van der Waals surface area contributed by atoms with E-state index in [4.69, 9.17) is 9.47 Å². The Morgan fingerprint density at radius 2 is 1.45 bits per heavy atom. The summed E-state index contributed by atoms with van der Waals surface area (Å²) < 4.78 is 15.6. The van der Waals surface area contributed by atoms with Gasteiger partial charge in [0.05, 0.1) is 26.3 Å². The maximum Gasteiger partial charge on any atom is 0.243 e. The molecule has 22 heavy (non-hydrogen) atoms. The fourth-order valence-corrected chi connectivity index (χ4v) is 2.10. The van der Waals surface area contributed by atoms with Crippen molar-refractivity contribution in [3.63, 3.8) is 0 Å². The van der Waals surface area contributed by atoms with Gasteiger partial charge in [0, 0.05) is 26.1 Å². The molecular weight excluding hydrogens is 280 g/mol. The fourth-order valence-electron chi connectivity index (χ4n) is 2.10. The number of rotatable bonds is 14. The second-order valence-electron chi connectivity index (χ2n) is 5.53. The molecule has 0 saturated carbocycles. The topological polar surface area (TPSA) is 57.3 Å². The van der Waals surface area contributed by atoms with Gasteiger partial charge in [-0.15, -0.1) is 0 Å². The average molecular weight is 314 g/mol. The first kappa shape index (κ1) is 21.1. The molecule has 130 valence electrons. The standard InChI is InChI=1S/C17H33N2O2.H2O/c1-3-5-13-20-15-7-9-18-11-12-19(17-18)10-8-16-21-14-6-4-2;/h11-12,17H,3-10,13-16H2,1-2H3;1H2/q+1;/p-1. The van der Waals surface area contributed by atoms with Crippen LogP contribution in [0.2, 0.25) is 0 Å². The number of aryl methyl sites for hydroxylation is 2. The van der Waals surface area contributed by atoms with Crippen LogP contribution >= 0.6 is 0 Å². The molecule has 0 spiro atoms. The first-order valence-corrected chi connectivity index (χ1v) is 8.57. The molecule has 5 nitrogen and oxygen atoms in total. The van der Waals surface area contributed by atoms with Crippen LogP contribution in [0, 0.1) is 0 Å². The van der Waals surface area contributed by atoms with Crippen molar-refractivity contribution in [2.45, 2.75) is 65.5 Å². The van der Waals surface area contributed by atoms with Gasteiger partial charge >= 0.3 is 0 Å². The highest BCUT2D eigenvalue weighted by atomic mass is 16.5. The predicted molar refractivity (Wildman–Crippen MR) is 87.3 cm³/mol. The Balaban J connectivity index is 0.00000441. The van der Waals surface area contributed by atoms with E-state index in [9.17, 15) is 0 Å². The quantitative estimate of drug-likeness (QED) is 0.392. The zero-order valence-electron chi connectivity index (χ0n) is 14.4. The van der Waals surface area contributed by atoms with E-state index >= 15 is 0 Å². The van der Waals surface area contributed by atoms with Gasteiger partial charge in [0.15, 0.2) is 0 Å². The molecule has 0 saturated heterocycles. The van der Waals surface area contributed by atoms with Gasteiger partial charge < -0.3 is 14.9 Å². The lowest BCUT2D eigenvalue weighted by molar-refractivity contribution is -0.697. The van der Waals surface area contributed by atoms with Crippen LogP contribution in [-0.4, -0.2) is 36.5 Å². The van der Waals surface area contributed by atoms with Crippen LogP contribution in [0.5, 0.6) is 0 Å².